The Hall–Kier alpha value is -2.36. The van der Waals surface area contributed by atoms with E-state index in [4.69, 9.17) is 5.11 Å². The Labute approximate surface area is 111 Å². The largest absolute Gasteiger partial charge is 0.478 e. The van der Waals surface area contributed by atoms with Crippen molar-refractivity contribution in [2.75, 3.05) is 0 Å². The van der Waals surface area contributed by atoms with E-state index in [0.29, 0.717) is 11.3 Å². The Balaban J connectivity index is 2.19. The van der Waals surface area contributed by atoms with Crippen LogP contribution >= 0.6 is 0 Å². The zero-order chi connectivity index (χ0) is 14.0. The van der Waals surface area contributed by atoms with Crippen LogP contribution in [0.1, 0.15) is 32.0 Å². The lowest BCUT2D eigenvalue weighted by molar-refractivity contribution is 0.0695. The second-order valence-corrected chi connectivity index (χ2v) is 4.54. The van der Waals surface area contributed by atoms with Crippen LogP contribution in [0.4, 0.5) is 0 Å². The minimum Gasteiger partial charge on any atom is -0.478 e. The molecule has 1 aromatic heterocycles. The zero-order valence-electron chi connectivity index (χ0n) is 10.9. The van der Waals surface area contributed by atoms with Gasteiger partial charge in [0.1, 0.15) is 0 Å². The first-order valence-corrected chi connectivity index (χ1v) is 5.98. The summed E-state index contributed by atoms with van der Waals surface area (Å²) in [6.45, 7) is 3.82. The highest BCUT2D eigenvalue weighted by atomic mass is 16.4. The van der Waals surface area contributed by atoms with Gasteiger partial charge in [0.05, 0.1) is 12.1 Å². The molecule has 0 amide bonds. The zero-order valence-corrected chi connectivity index (χ0v) is 10.9. The Morgan fingerprint density at radius 1 is 1.11 bits per heavy atom. The molecule has 0 aliphatic heterocycles. The van der Waals surface area contributed by atoms with Crippen LogP contribution in [0.2, 0.25) is 0 Å². The first-order valence-electron chi connectivity index (χ1n) is 5.98. The normalized spacial score (nSPS) is 10.4. The van der Waals surface area contributed by atoms with Crippen LogP contribution < -0.4 is 0 Å². The SMILES string of the molecule is Cc1ccc(C(=O)Cn2ccc(C(=O)O)c2C)cc1. The molecule has 0 atom stereocenters. The number of rotatable bonds is 4. The summed E-state index contributed by atoms with van der Waals surface area (Å²) in [6, 6.07) is 8.86. The highest BCUT2D eigenvalue weighted by Crippen LogP contribution is 2.12. The molecule has 98 valence electrons. The van der Waals surface area contributed by atoms with Crippen LogP contribution in [-0.4, -0.2) is 21.4 Å². The van der Waals surface area contributed by atoms with E-state index in [2.05, 4.69) is 0 Å². The smallest absolute Gasteiger partial charge is 0.337 e. The molecular formula is C15H15NO3. The number of ketones is 1. The van der Waals surface area contributed by atoms with Gasteiger partial charge >= 0.3 is 5.97 Å². The van der Waals surface area contributed by atoms with Crippen molar-refractivity contribution in [3.8, 4) is 0 Å². The molecule has 2 aromatic rings. The number of carboxylic acids is 1. The Bertz CT molecular complexity index is 623. The quantitative estimate of drug-likeness (QED) is 0.857. The minimum absolute atomic E-state index is 0.0318. The molecule has 0 saturated heterocycles. The molecule has 1 aromatic carbocycles. The molecule has 0 aliphatic carbocycles. The summed E-state index contributed by atoms with van der Waals surface area (Å²) in [7, 11) is 0. The lowest BCUT2D eigenvalue weighted by Gasteiger charge is -2.06. The highest BCUT2D eigenvalue weighted by Gasteiger charge is 2.13. The van der Waals surface area contributed by atoms with Gasteiger partial charge in [-0.3, -0.25) is 4.79 Å². The lowest BCUT2D eigenvalue weighted by atomic mass is 10.1. The van der Waals surface area contributed by atoms with E-state index >= 15 is 0 Å². The predicted molar refractivity (Wildman–Crippen MR) is 71.6 cm³/mol. The van der Waals surface area contributed by atoms with Crippen molar-refractivity contribution in [1.82, 2.24) is 4.57 Å². The monoisotopic (exact) mass is 257 g/mol. The number of benzene rings is 1. The standard InChI is InChI=1S/C15H15NO3/c1-10-3-5-12(6-4-10)14(17)9-16-8-7-13(11(16)2)15(18)19/h3-8H,9H2,1-2H3,(H,18,19). The predicted octanol–water partition coefficient (Wildman–Crippen LogP) is 2.69. The van der Waals surface area contributed by atoms with Crippen molar-refractivity contribution >= 4 is 11.8 Å². The van der Waals surface area contributed by atoms with Crippen molar-refractivity contribution in [3.63, 3.8) is 0 Å². The number of carbonyl (C=O) groups excluding carboxylic acids is 1. The van der Waals surface area contributed by atoms with E-state index in [1.165, 1.54) is 6.07 Å². The Kier molecular flexibility index (Phi) is 3.51. The molecule has 4 heteroatoms. The summed E-state index contributed by atoms with van der Waals surface area (Å²) < 4.78 is 1.66. The summed E-state index contributed by atoms with van der Waals surface area (Å²) in [6.07, 6.45) is 1.63. The maximum Gasteiger partial charge on any atom is 0.337 e. The first kappa shape index (κ1) is 13.1. The molecule has 0 fully saturated rings. The number of nitrogens with zero attached hydrogens (tertiary/aromatic N) is 1. The number of hydrogen-bond acceptors (Lipinski definition) is 2. The summed E-state index contributed by atoms with van der Waals surface area (Å²) >= 11 is 0. The summed E-state index contributed by atoms with van der Waals surface area (Å²) in [5, 5.41) is 8.96. The van der Waals surface area contributed by atoms with E-state index in [9.17, 15) is 9.59 Å². The number of Topliss-reactive ketones (excluding diaryl/α,β-unsaturated/α-hetero) is 1. The Morgan fingerprint density at radius 2 is 1.74 bits per heavy atom. The van der Waals surface area contributed by atoms with Gasteiger partial charge in [-0.2, -0.15) is 0 Å². The number of aryl methyl sites for hydroxylation is 1. The van der Waals surface area contributed by atoms with Gasteiger partial charge in [0.15, 0.2) is 5.78 Å². The van der Waals surface area contributed by atoms with E-state index in [1.807, 2.05) is 19.1 Å². The van der Waals surface area contributed by atoms with E-state index in [-0.39, 0.29) is 17.9 Å². The number of hydrogen-bond donors (Lipinski definition) is 1. The highest BCUT2D eigenvalue weighted by molar-refractivity contribution is 5.96. The molecular weight excluding hydrogens is 242 g/mol. The second kappa shape index (κ2) is 5.10. The van der Waals surface area contributed by atoms with Crippen molar-refractivity contribution in [1.29, 1.82) is 0 Å². The van der Waals surface area contributed by atoms with Crippen LogP contribution in [0.5, 0.6) is 0 Å². The molecule has 4 nitrogen and oxygen atoms in total. The van der Waals surface area contributed by atoms with E-state index in [1.54, 1.807) is 29.8 Å². The Morgan fingerprint density at radius 3 is 2.26 bits per heavy atom. The number of carboxylic acid groups (broad SMARTS) is 1. The van der Waals surface area contributed by atoms with Crippen molar-refractivity contribution in [3.05, 3.63) is 58.9 Å². The number of aromatic nitrogens is 1. The lowest BCUT2D eigenvalue weighted by Crippen LogP contribution is -2.11. The molecule has 1 heterocycles. The third kappa shape index (κ3) is 2.73. The molecule has 2 rings (SSSR count). The molecule has 0 unspecified atom stereocenters. The van der Waals surface area contributed by atoms with Gasteiger partial charge in [-0.15, -0.1) is 0 Å². The van der Waals surface area contributed by atoms with Gasteiger partial charge in [0, 0.05) is 17.5 Å². The van der Waals surface area contributed by atoms with Crippen molar-refractivity contribution in [2.24, 2.45) is 0 Å². The molecule has 0 aliphatic rings. The number of aromatic carboxylic acids is 1. The van der Waals surface area contributed by atoms with Gasteiger partial charge in [-0.25, -0.2) is 4.79 Å². The average Bonchev–Trinajstić information content (AvgIpc) is 2.72. The maximum absolute atomic E-state index is 12.1. The van der Waals surface area contributed by atoms with Gasteiger partial charge < -0.3 is 9.67 Å². The number of carbonyl (C=O) groups is 2. The molecule has 1 N–H and O–H groups in total. The fourth-order valence-corrected chi connectivity index (χ4v) is 1.93. The van der Waals surface area contributed by atoms with E-state index in [0.717, 1.165) is 5.56 Å². The van der Waals surface area contributed by atoms with Gasteiger partial charge in [-0.1, -0.05) is 29.8 Å². The average molecular weight is 257 g/mol. The fraction of sp³-hybridized carbons (Fsp3) is 0.200. The molecule has 0 spiro atoms. The third-order valence-electron chi connectivity index (χ3n) is 3.16. The summed E-state index contributed by atoms with van der Waals surface area (Å²) in [5.41, 5.74) is 2.56. The fourth-order valence-electron chi connectivity index (χ4n) is 1.93. The van der Waals surface area contributed by atoms with Crippen LogP contribution in [0.3, 0.4) is 0 Å². The topological polar surface area (TPSA) is 59.3 Å². The third-order valence-corrected chi connectivity index (χ3v) is 3.16. The van der Waals surface area contributed by atoms with Gasteiger partial charge in [-0.05, 0) is 19.9 Å². The van der Waals surface area contributed by atoms with Crippen molar-refractivity contribution in [2.45, 2.75) is 20.4 Å². The van der Waals surface area contributed by atoms with Gasteiger partial charge in [0.2, 0.25) is 0 Å². The maximum atomic E-state index is 12.1. The van der Waals surface area contributed by atoms with Gasteiger partial charge in [0.25, 0.3) is 0 Å². The molecule has 0 saturated carbocycles. The summed E-state index contributed by atoms with van der Waals surface area (Å²) in [5.74, 6) is -1.00. The molecule has 19 heavy (non-hydrogen) atoms. The first-order chi connectivity index (χ1) is 8.99. The van der Waals surface area contributed by atoms with Crippen LogP contribution in [0.15, 0.2) is 36.5 Å². The van der Waals surface area contributed by atoms with Crippen LogP contribution in [0.25, 0.3) is 0 Å². The van der Waals surface area contributed by atoms with E-state index < -0.39 is 5.97 Å². The van der Waals surface area contributed by atoms with Crippen molar-refractivity contribution < 1.29 is 14.7 Å². The second-order valence-electron chi connectivity index (χ2n) is 4.54. The molecule has 0 bridgehead atoms. The minimum atomic E-state index is -0.973. The summed E-state index contributed by atoms with van der Waals surface area (Å²) in [4.78, 5) is 23.0. The molecule has 0 radical (unpaired) electrons. The van der Waals surface area contributed by atoms with Crippen LogP contribution in [0, 0.1) is 13.8 Å². The van der Waals surface area contributed by atoms with Crippen LogP contribution in [-0.2, 0) is 6.54 Å².